The minimum Gasteiger partial charge on any atom is -0.481 e. The highest BCUT2D eigenvalue weighted by atomic mass is 16.4. The molecule has 0 radical (unpaired) electrons. The number of hydrogen-bond donors (Lipinski definition) is 2. The molecule has 1 aliphatic heterocycles. The standard InChI is InChI=1S/C10H18N2O3/c13-9(3-1-2-4-10(14)15)12-7-5-11-6-8-12/h11H,1-8H2,(H,14,15). The van der Waals surface area contributed by atoms with E-state index < -0.39 is 5.97 Å². The number of carbonyl (C=O) groups is 2. The van der Waals surface area contributed by atoms with Crippen LogP contribution in [-0.4, -0.2) is 48.1 Å². The maximum absolute atomic E-state index is 11.6. The van der Waals surface area contributed by atoms with Crippen molar-refractivity contribution in [3.8, 4) is 0 Å². The van der Waals surface area contributed by atoms with Gasteiger partial charge in [-0.05, 0) is 12.8 Å². The van der Waals surface area contributed by atoms with Gasteiger partial charge in [0, 0.05) is 39.0 Å². The predicted molar refractivity (Wildman–Crippen MR) is 55.6 cm³/mol. The van der Waals surface area contributed by atoms with E-state index in [0.717, 1.165) is 26.2 Å². The minimum atomic E-state index is -0.787. The molecule has 0 atom stereocenters. The van der Waals surface area contributed by atoms with E-state index in [1.165, 1.54) is 0 Å². The van der Waals surface area contributed by atoms with Gasteiger partial charge in [-0.1, -0.05) is 0 Å². The van der Waals surface area contributed by atoms with Crippen LogP contribution in [0.2, 0.25) is 0 Å². The van der Waals surface area contributed by atoms with E-state index >= 15 is 0 Å². The molecule has 1 aliphatic rings. The number of carbonyl (C=O) groups excluding carboxylic acids is 1. The van der Waals surface area contributed by atoms with Gasteiger partial charge < -0.3 is 15.3 Å². The molecule has 2 N–H and O–H groups in total. The van der Waals surface area contributed by atoms with Crippen LogP contribution in [0.1, 0.15) is 25.7 Å². The average molecular weight is 214 g/mol. The number of rotatable bonds is 5. The van der Waals surface area contributed by atoms with Crippen molar-refractivity contribution in [2.75, 3.05) is 26.2 Å². The predicted octanol–water partition coefficient (Wildman–Crippen LogP) is 0.0632. The van der Waals surface area contributed by atoms with Gasteiger partial charge in [-0.3, -0.25) is 9.59 Å². The molecule has 1 heterocycles. The molecule has 0 bridgehead atoms. The van der Waals surface area contributed by atoms with E-state index in [0.29, 0.717) is 19.3 Å². The molecule has 0 saturated carbocycles. The first-order chi connectivity index (χ1) is 7.20. The number of nitrogens with one attached hydrogen (secondary N) is 1. The molecular formula is C10H18N2O3. The zero-order valence-corrected chi connectivity index (χ0v) is 8.87. The molecule has 86 valence electrons. The highest BCUT2D eigenvalue weighted by Crippen LogP contribution is 2.04. The molecule has 0 aromatic rings. The number of nitrogens with zero attached hydrogens (tertiary/aromatic N) is 1. The quantitative estimate of drug-likeness (QED) is 0.635. The highest BCUT2D eigenvalue weighted by Gasteiger charge is 2.15. The number of unbranched alkanes of at least 4 members (excludes halogenated alkanes) is 1. The molecule has 0 unspecified atom stereocenters. The maximum Gasteiger partial charge on any atom is 0.303 e. The van der Waals surface area contributed by atoms with Gasteiger partial charge in [-0.25, -0.2) is 0 Å². The van der Waals surface area contributed by atoms with Gasteiger partial charge in [0.1, 0.15) is 0 Å². The Hall–Kier alpha value is -1.10. The molecule has 15 heavy (non-hydrogen) atoms. The molecule has 5 heteroatoms. The third-order valence-corrected chi connectivity index (χ3v) is 2.50. The second-order valence-electron chi connectivity index (χ2n) is 3.73. The van der Waals surface area contributed by atoms with E-state index in [2.05, 4.69) is 5.32 Å². The first-order valence-electron chi connectivity index (χ1n) is 5.40. The molecule has 0 spiro atoms. The largest absolute Gasteiger partial charge is 0.481 e. The molecule has 1 amide bonds. The van der Waals surface area contributed by atoms with Crippen molar-refractivity contribution in [2.24, 2.45) is 0 Å². The van der Waals surface area contributed by atoms with Gasteiger partial charge in [0.15, 0.2) is 0 Å². The Morgan fingerprint density at radius 2 is 1.73 bits per heavy atom. The van der Waals surface area contributed by atoms with Crippen LogP contribution in [0.5, 0.6) is 0 Å². The van der Waals surface area contributed by atoms with Crippen molar-refractivity contribution in [3.05, 3.63) is 0 Å². The van der Waals surface area contributed by atoms with Gasteiger partial charge in [0.05, 0.1) is 0 Å². The molecule has 5 nitrogen and oxygen atoms in total. The first kappa shape index (κ1) is 12.0. The third-order valence-electron chi connectivity index (χ3n) is 2.50. The van der Waals surface area contributed by atoms with Crippen LogP contribution in [0.3, 0.4) is 0 Å². The summed E-state index contributed by atoms with van der Waals surface area (Å²) >= 11 is 0. The monoisotopic (exact) mass is 214 g/mol. The lowest BCUT2D eigenvalue weighted by Crippen LogP contribution is -2.46. The van der Waals surface area contributed by atoms with E-state index in [-0.39, 0.29) is 12.3 Å². The van der Waals surface area contributed by atoms with E-state index in [1.54, 1.807) is 0 Å². The number of amides is 1. The Labute approximate surface area is 89.4 Å². The zero-order chi connectivity index (χ0) is 11.1. The van der Waals surface area contributed by atoms with Crippen molar-refractivity contribution >= 4 is 11.9 Å². The number of carboxylic acids is 1. The van der Waals surface area contributed by atoms with Gasteiger partial charge in [0.25, 0.3) is 0 Å². The summed E-state index contributed by atoms with van der Waals surface area (Å²) in [7, 11) is 0. The van der Waals surface area contributed by atoms with Crippen LogP contribution in [0.4, 0.5) is 0 Å². The van der Waals surface area contributed by atoms with E-state index in [4.69, 9.17) is 5.11 Å². The van der Waals surface area contributed by atoms with Gasteiger partial charge in [-0.15, -0.1) is 0 Å². The summed E-state index contributed by atoms with van der Waals surface area (Å²) in [5.74, 6) is -0.633. The first-order valence-corrected chi connectivity index (χ1v) is 5.40. The molecule has 0 aliphatic carbocycles. The summed E-state index contributed by atoms with van der Waals surface area (Å²) in [6, 6.07) is 0. The number of hydrogen-bond acceptors (Lipinski definition) is 3. The summed E-state index contributed by atoms with van der Waals surface area (Å²) in [4.78, 5) is 23.7. The Morgan fingerprint density at radius 3 is 2.33 bits per heavy atom. The highest BCUT2D eigenvalue weighted by molar-refractivity contribution is 5.76. The second-order valence-corrected chi connectivity index (χ2v) is 3.73. The smallest absolute Gasteiger partial charge is 0.303 e. The molecule has 1 saturated heterocycles. The fraction of sp³-hybridized carbons (Fsp3) is 0.800. The second kappa shape index (κ2) is 6.40. The molecule has 1 rings (SSSR count). The van der Waals surface area contributed by atoms with Gasteiger partial charge in [0.2, 0.25) is 5.91 Å². The lowest BCUT2D eigenvalue weighted by Gasteiger charge is -2.27. The van der Waals surface area contributed by atoms with Crippen molar-refractivity contribution in [2.45, 2.75) is 25.7 Å². The van der Waals surface area contributed by atoms with Crippen LogP contribution in [-0.2, 0) is 9.59 Å². The minimum absolute atomic E-state index is 0.155. The fourth-order valence-corrected chi connectivity index (χ4v) is 1.62. The van der Waals surface area contributed by atoms with Crippen molar-refractivity contribution in [3.63, 3.8) is 0 Å². The van der Waals surface area contributed by atoms with E-state index in [1.807, 2.05) is 4.90 Å². The molecule has 0 aromatic carbocycles. The zero-order valence-electron chi connectivity index (χ0n) is 8.87. The van der Waals surface area contributed by atoms with Gasteiger partial charge in [-0.2, -0.15) is 0 Å². The third kappa shape index (κ3) is 4.78. The van der Waals surface area contributed by atoms with Crippen molar-refractivity contribution < 1.29 is 14.7 Å². The maximum atomic E-state index is 11.6. The Balaban J connectivity index is 2.09. The number of carboxylic acid groups (broad SMARTS) is 1. The number of piperazine rings is 1. The van der Waals surface area contributed by atoms with Crippen LogP contribution in [0.15, 0.2) is 0 Å². The van der Waals surface area contributed by atoms with Gasteiger partial charge >= 0.3 is 5.97 Å². The Morgan fingerprint density at radius 1 is 1.13 bits per heavy atom. The van der Waals surface area contributed by atoms with E-state index in [9.17, 15) is 9.59 Å². The SMILES string of the molecule is O=C(O)CCCCC(=O)N1CCNCC1. The van der Waals surface area contributed by atoms with Crippen molar-refractivity contribution in [1.82, 2.24) is 10.2 Å². The normalized spacial score (nSPS) is 16.4. The molecule has 0 aromatic heterocycles. The lowest BCUT2D eigenvalue weighted by atomic mass is 10.1. The fourth-order valence-electron chi connectivity index (χ4n) is 1.62. The summed E-state index contributed by atoms with van der Waals surface area (Å²) in [6.07, 6.45) is 1.91. The van der Waals surface area contributed by atoms with Crippen molar-refractivity contribution in [1.29, 1.82) is 0 Å². The number of aliphatic carboxylic acids is 1. The summed E-state index contributed by atoms with van der Waals surface area (Å²) in [5.41, 5.74) is 0. The average Bonchev–Trinajstić information content (AvgIpc) is 2.25. The van der Waals surface area contributed by atoms with Crippen LogP contribution < -0.4 is 5.32 Å². The summed E-state index contributed by atoms with van der Waals surface area (Å²) < 4.78 is 0. The van der Waals surface area contributed by atoms with Crippen LogP contribution >= 0.6 is 0 Å². The van der Waals surface area contributed by atoms with Crippen LogP contribution in [0, 0.1) is 0 Å². The summed E-state index contributed by atoms with van der Waals surface area (Å²) in [6.45, 7) is 3.28. The molecule has 1 fully saturated rings. The topological polar surface area (TPSA) is 69.6 Å². The Kier molecular flexibility index (Phi) is 5.10. The lowest BCUT2D eigenvalue weighted by molar-refractivity contribution is -0.137. The summed E-state index contributed by atoms with van der Waals surface area (Å²) in [5, 5.41) is 11.6. The molecular weight excluding hydrogens is 196 g/mol. The Bertz CT molecular complexity index is 225. The van der Waals surface area contributed by atoms with Crippen LogP contribution in [0.25, 0.3) is 0 Å².